The van der Waals surface area contributed by atoms with Crippen molar-refractivity contribution >= 4 is 35.6 Å². The van der Waals surface area contributed by atoms with Crippen LogP contribution in [0.2, 0.25) is 0 Å². The number of nitrogens with zero attached hydrogens (tertiary/aromatic N) is 4. The van der Waals surface area contributed by atoms with Crippen molar-refractivity contribution in [2.75, 3.05) is 64.9 Å². The largest absolute Gasteiger partial charge is 0.495 e. The molecule has 4 rings (SSSR count). The number of ether oxygens (including phenoxy) is 1. The summed E-state index contributed by atoms with van der Waals surface area (Å²) < 4.78 is 11.3. The standard InChI is InChI=1S/C23H33N5O2.HI/c1-24-23(25-18-20(22-10-7-17-30-22)26-11-5-6-12-26)28-15-13-27(14-16-28)19-8-3-4-9-21(19)29-2;/h3-4,7-10,17,20H,5-6,11-16,18H2,1-2H3,(H,24,25);1H. The van der Waals surface area contributed by atoms with E-state index >= 15 is 0 Å². The molecule has 2 aliphatic heterocycles. The number of guanidine groups is 1. The van der Waals surface area contributed by atoms with Crippen molar-refractivity contribution in [3.63, 3.8) is 0 Å². The normalized spacial score (nSPS) is 18.6. The fourth-order valence-corrected chi connectivity index (χ4v) is 4.51. The fourth-order valence-electron chi connectivity index (χ4n) is 4.51. The second kappa shape index (κ2) is 11.6. The highest BCUT2D eigenvalue weighted by atomic mass is 127. The predicted molar refractivity (Wildman–Crippen MR) is 136 cm³/mol. The molecule has 1 aromatic carbocycles. The second-order valence-electron chi connectivity index (χ2n) is 7.85. The van der Waals surface area contributed by atoms with Crippen molar-refractivity contribution in [3.05, 3.63) is 48.4 Å². The van der Waals surface area contributed by atoms with Crippen molar-refractivity contribution in [2.24, 2.45) is 4.99 Å². The second-order valence-corrected chi connectivity index (χ2v) is 7.85. The molecule has 0 aliphatic carbocycles. The van der Waals surface area contributed by atoms with Gasteiger partial charge in [-0.1, -0.05) is 12.1 Å². The summed E-state index contributed by atoms with van der Waals surface area (Å²) in [6, 6.07) is 12.5. The molecule has 8 heteroatoms. The van der Waals surface area contributed by atoms with Crippen LogP contribution in [0.1, 0.15) is 24.6 Å². The Morgan fingerprint density at radius 1 is 1.06 bits per heavy atom. The van der Waals surface area contributed by atoms with Crippen molar-refractivity contribution < 1.29 is 9.15 Å². The van der Waals surface area contributed by atoms with E-state index < -0.39 is 0 Å². The third-order valence-electron chi connectivity index (χ3n) is 6.12. The van der Waals surface area contributed by atoms with Crippen LogP contribution in [0.15, 0.2) is 52.1 Å². The lowest BCUT2D eigenvalue weighted by Gasteiger charge is -2.38. The molecule has 0 amide bonds. The predicted octanol–water partition coefficient (Wildman–Crippen LogP) is 3.44. The van der Waals surface area contributed by atoms with Crippen molar-refractivity contribution in [1.29, 1.82) is 0 Å². The van der Waals surface area contributed by atoms with E-state index in [0.717, 1.165) is 69.0 Å². The molecular formula is C23H34IN5O2. The first-order valence-corrected chi connectivity index (χ1v) is 10.9. The highest BCUT2D eigenvalue weighted by molar-refractivity contribution is 14.0. The molecule has 31 heavy (non-hydrogen) atoms. The minimum atomic E-state index is 0. The van der Waals surface area contributed by atoms with Crippen molar-refractivity contribution in [2.45, 2.75) is 18.9 Å². The van der Waals surface area contributed by atoms with Crippen LogP contribution < -0.4 is 15.0 Å². The first-order chi connectivity index (χ1) is 14.8. The Balaban J connectivity index is 0.00000272. The van der Waals surface area contributed by atoms with Gasteiger partial charge in [0, 0.05) is 39.8 Å². The number of rotatable bonds is 6. The molecule has 170 valence electrons. The van der Waals surface area contributed by atoms with Gasteiger partial charge in [0.1, 0.15) is 11.5 Å². The monoisotopic (exact) mass is 539 g/mol. The number of hydrogen-bond donors (Lipinski definition) is 1. The molecule has 3 heterocycles. The Hall–Kier alpha value is -1.94. The van der Waals surface area contributed by atoms with E-state index in [4.69, 9.17) is 9.15 Å². The lowest BCUT2D eigenvalue weighted by atomic mass is 10.2. The zero-order valence-corrected chi connectivity index (χ0v) is 20.8. The van der Waals surface area contributed by atoms with Gasteiger partial charge in [-0.3, -0.25) is 9.89 Å². The number of anilines is 1. The molecule has 1 unspecified atom stereocenters. The van der Waals surface area contributed by atoms with Crippen LogP contribution in [-0.2, 0) is 0 Å². The summed E-state index contributed by atoms with van der Waals surface area (Å²) >= 11 is 0. The third kappa shape index (κ3) is 5.65. The summed E-state index contributed by atoms with van der Waals surface area (Å²) in [4.78, 5) is 11.8. The highest BCUT2D eigenvalue weighted by Crippen LogP contribution is 2.28. The molecule has 0 bridgehead atoms. The van der Waals surface area contributed by atoms with Crippen LogP contribution in [0.5, 0.6) is 5.75 Å². The molecule has 2 aromatic rings. The van der Waals surface area contributed by atoms with Gasteiger partial charge in [0.05, 0.1) is 25.1 Å². The quantitative estimate of drug-likeness (QED) is 0.345. The maximum atomic E-state index is 5.75. The van der Waals surface area contributed by atoms with Gasteiger partial charge in [-0.05, 0) is 50.2 Å². The van der Waals surface area contributed by atoms with E-state index in [1.807, 2.05) is 25.2 Å². The van der Waals surface area contributed by atoms with Crippen molar-refractivity contribution in [3.8, 4) is 5.75 Å². The number of hydrogen-bond acceptors (Lipinski definition) is 5. The first kappa shape index (κ1) is 23.7. The summed E-state index contributed by atoms with van der Waals surface area (Å²) in [5, 5.41) is 3.61. The molecule has 0 saturated carbocycles. The zero-order valence-electron chi connectivity index (χ0n) is 18.5. The van der Waals surface area contributed by atoms with Gasteiger partial charge in [-0.25, -0.2) is 0 Å². The Kier molecular flexibility index (Phi) is 8.89. The molecule has 0 radical (unpaired) electrons. The van der Waals surface area contributed by atoms with Gasteiger partial charge in [0.15, 0.2) is 5.96 Å². The minimum absolute atomic E-state index is 0. The van der Waals surface area contributed by atoms with Gasteiger partial charge < -0.3 is 24.3 Å². The Morgan fingerprint density at radius 3 is 2.45 bits per heavy atom. The molecule has 1 aromatic heterocycles. The van der Waals surface area contributed by atoms with Crippen LogP contribution in [0.4, 0.5) is 5.69 Å². The number of aliphatic imine (C=N–C) groups is 1. The van der Waals surface area contributed by atoms with Crippen LogP contribution in [0.25, 0.3) is 0 Å². The van der Waals surface area contributed by atoms with E-state index in [-0.39, 0.29) is 30.0 Å². The summed E-state index contributed by atoms with van der Waals surface area (Å²) in [6.07, 6.45) is 4.29. The van der Waals surface area contributed by atoms with Crippen molar-refractivity contribution in [1.82, 2.24) is 15.1 Å². The molecule has 2 fully saturated rings. The lowest BCUT2D eigenvalue weighted by Crippen LogP contribution is -2.53. The van der Waals surface area contributed by atoms with Crippen LogP contribution in [0, 0.1) is 0 Å². The maximum Gasteiger partial charge on any atom is 0.193 e. The lowest BCUT2D eigenvalue weighted by molar-refractivity contribution is 0.213. The van der Waals surface area contributed by atoms with E-state index in [2.05, 4.69) is 43.2 Å². The van der Waals surface area contributed by atoms with Gasteiger partial charge in [0.25, 0.3) is 0 Å². The maximum absolute atomic E-state index is 5.75. The molecule has 0 spiro atoms. The highest BCUT2D eigenvalue weighted by Gasteiger charge is 2.27. The average molecular weight is 539 g/mol. The number of halogens is 1. The number of para-hydroxylation sites is 2. The van der Waals surface area contributed by atoms with Gasteiger partial charge in [0.2, 0.25) is 0 Å². The van der Waals surface area contributed by atoms with Crippen LogP contribution >= 0.6 is 24.0 Å². The van der Waals surface area contributed by atoms with Gasteiger partial charge in [-0.2, -0.15) is 0 Å². The number of nitrogens with one attached hydrogen (secondary N) is 1. The topological polar surface area (TPSA) is 56.5 Å². The smallest absolute Gasteiger partial charge is 0.193 e. The molecule has 1 atom stereocenters. The van der Waals surface area contributed by atoms with Gasteiger partial charge in [-0.15, -0.1) is 24.0 Å². The first-order valence-electron chi connectivity index (χ1n) is 10.9. The van der Waals surface area contributed by atoms with Gasteiger partial charge >= 0.3 is 0 Å². The van der Waals surface area contributed by atoms with E-state index in [0.29, 0.717) is 0 Å². The molecule has 2 aliphatic rings. The summed E-state index contributed by atoms with van der Waals surface area (Å²) in [5.74, 6) is 2.92. The minimum Gasteiger partial charge on any atom is -0.495 e. The number of benzene rings is 1. The molecule has 7 nitrogen and oxygen atoms in total. The summed E-state index contributed by atoms with van der Waals surface area (Å²) in [6.45, 7) is 6.78. The van der Waals surface area contributed by atoms with E-state index in [1.54, 1.807) is 13.4 Å². The number of furan rings is 1. The molecule has 1 N–H and O–H groups in total. The third-order valence-corrected chi connectivity index (χ3v) is 6.12. The number of likely N-dealkylation sites (tertiary alicyclic amines) is 1. The zero-order chi connectivity index (χ0) is 20.8. The SMILES string of the molecule is CN=C(NCC(c1ccco1)N1CCCC1)N1CCN(c2ccccc2OC)CC1.I. The molecular weight excluding hydrogens is 505 g/mol. The van der Waals surface area contributed by atoms with E-state index in [1.165, 1.54) is 12.8 Å². The van der Waals surface area contributed by atoms with Crippen LogP contribution in [-0.4, -0.2) is 75.7 Å². The number of piperazine rings is 1. The van der Waals surface area contributed by atoms with E-state index in [9.17, 15) is 0 Å². The summed E-state index contributed by atoms with van der Waals surface area (Å²) in [7, 11) is 3.60. The molecule has 2 saturated heterocycles. The fraction of sp³-hybridized carbons (Fsp3) is 0.522. The Labute approximate surface area is 202 Å². The number of methoxy groups -OCH3 is 1. The Bertz CT molecular complexity index is 815. The summed E-state index contributed by atoms with van der Waals surface area (Å²) in [5.41, 5.74) is 1.16. The average Bonchev–Trinajstić information content (AvgIpc) is 3.52. The Morgan fingerprint density at radius 2 is 1.81 bits per heavy atom. The van der Waals surface area contributed by atoms with Crippen LogP contribution in [0.3, 0.4) is 0 Å².